The minimum atomic E-state index is -3.67. The smallest absolute Gasteiger partial charge is 0.261 e. The Morgan fingerprint density at radius 2 is 2.15 bits per heavy atom. The highest BCUT2D eigenvalue weighted by Crippen LogP contribution is 2.29. The zero-order valence-corrected chi connectivity index (χ0v) is 15.0. The van der Waals surface area contributed by atoms with E-state index in [1.54, 1.807) is 12.3 Å². The van der Waals surface area contributed by atoms with E-state index in [0.717, 1.165) is 11.1 Å². The fraction of sp³-hybridized carbons (Fsp3) is 0.267. The second-order valence-corrected chi connectivity index (χ2v) is 6.52. The molecule has 5 N–H and O–H groups in total. The number of fused-ring (bicyclic) bond motifs is 1. The first-order valence-electron chi connectivity index (χ1n) is 7.22. The molecule has 11 heteroatoms. The van der Waals surface area contributed by atoms with Crippen molar-refractivity contribution in [3.63, 3.8) is 0 Å². The number of hydrogen-bond donors (Lipinski definition) is 4. The van der Waals surface area contributed by atoms with Crippen LogP contribution < -0.4 is 15.8 Å². The van der Waals surface area contributed by atoms with Crippen LogP contribution in [0.2, 0.25) is 0 Å². The Labute approximate surface area is 150 Å². The van der Waals surface area contributed by atoms with E-state index in [-0.39, 0.29) is 5.96 Å². The molecule has 0 unspecified atom stereocenters. The van der Waals surface area contributed by atoms with Crippen molar-refractivity contribution in [2.24, 2.45) is 10.9 Å². The number of amides is 1. The summed E-state index contributed by atoms with van der Waals surface area (Å²) < 4.78 is 31.6. The van der Waals surface area contributed by atoms with Crippen molar-refractivity contribution in [3.8, 4) is 5.75 Å². The van der Waals surface area contributed by atoms with E-state index in [4.69, 9.17) is 20.4 Å². The summed E-state index contributed by atoms with van der Waals surface area (Å²) in [5.41, 5.74) is 7.21. The number of para-hydroxylation sites is 1. The zero-order chi connectivity index (χ0) is 19.7. The van der Waals surface area contributed by atoms with Crippen LogP contribution in [0.1, 0.15) is 17.5 Å². The maximum atomic E-state index is 11.9. The molecule has 1 aliphatic heterocycles. The van der Waals surface area contributed by atoms with Gasteiger partial charge in [0.2, 0.25) is 0 Å². The molecule has 0 saturated heterocycles. The number of hydrogen-bond acceptors (Lipinski definition) is 7. The van der Waals surface area contributed by atoms with Gasteiger partial charge in [0.05, 0.1) is 19.1 Å². The molecule has 10 nitrogen and oxygen atoms in total. The average molecular weight is 384 g/mol. The summed E-state index contributed by atoms with van der Waals surface area (Å²) in [4.78, 5) is 16.6. The van der Waals surface area contributed by atoms with E-state index >= 15 is 0 Å². The number of carbonyl (C=O) groups is 1. The van der Waals surface area contributed by atoms with Crippen LogP contribution in [0.4, 0.5) is 0 Å². The standard InChI is InChI=1S/C14H16N4O3.CH4O3S/c1-20-17-8-11-4-2-3-9-7-10(5-6-21-12(9)11)13(19)18-14(15)16;1-5(2,3)4/h2-4,7-8H,5-6H2,1H3,(H4,15,16,18,19);1H3,(H,2,3,4). The quantitative estimate of drug-likeness (QED) is 0.253. The number of carbonyl (C=O) groups excluding carboxylic acids is 1. The minimum absolute atomic E-state index is 0.349. The predicted octanol–water partition coefficient (Wildman–Crippen LogP) is 0.346. The maximum absolute atomic E-state index is 11.9. The number of nitrogens with zero attached hydrogens (tertiary/aromatic N) is 1. The summed E-state index contributed by atoms with van der Waals surface area (Å²) in [6.45, 7) is 0.349. The van der Waals surface area contributed by atoms with Crippen molar-refractivity contribution in [2.75, 3.05) is 20.0 Å². The molecule has 2 rings (SSSR count). The summed E-state index contributed by atoms with van der Waals surface area (Å²) >= 11 is 0. The van der Waals surface area contributed by atoms with Crippen LogP contribution in [-0.2, 0) is 19.8 Å². The molecule has 0 aliphatic carbocycles. The molecule has 0 radical (unpaired) electrons. The molecule has 1 aromatic rings. The predicted molar refractivity (Wildman–Crippen MR) is 96.7 cm³/mol. The first kappa shape index (κ1) is 21.1. The summed E-state index contributed by atoms with van der Waals surface area (Å²) in [6, 6.07) is 5.52. The van der Waals surface area contributed by atoms with E-state index < -0.39 is 16.0 Å². The van der Waals surface area contributed by atoms with Gasteiger partial charge in [-0.15, -0.1) is 0 Å². The maximum Gasteiger partial charge on any atom is 0.261 e. The van der Waals surface area contributed by atoms with Gasteiger partial charge in [-0.25, -0.2) is 0 Å². The van der Waals surface area contributed by atoms with Gasteiger partial charge in [-0.05, 0) is 12.1 Å². The Morgan fingerprint density at radius 3 is 2.73 bits per heavy atom. The number of nitrogens with one attached hydrogen (secondary N) is 2. The number of oxime groups is 1. The van der Waals surface area contributed by atoms with Crippen LogP contribution in [0.3, 0.4) is 0 Å². The van der Waals surface area contributed by atoms with Crippen molar-refractivity contribution in [1.29, 1.82) is 5.41 Å². The van der Waals surface area contributed by atoms with E-state index in [0.29, 0.717) is 30.6 Å². The summed E-state index contributed by atoms with van der Waals surface area (Å²) in [6.07, 6.45) is 4.42. The lowest BCUT2D eigenvalue weighted by molar-refractivity contribution is -0.116. The molecule has 0 bridgehead atoms. The van der Waals surface area contributed by atoms with Gasteiger partial charge < -0.3 is 15.3 Å². The van der Waals surface area contributed by atoms with Gasteiger partial charge >= 0.3 is 0 Å². The molecular weight excluding hydrogens is 364 g/mol. The van der Waals surface area contributed by atoms with E-state index in [2.05, 4.69) is 15.3 Å². The molecule has 0 saturated carbocycles. The molecule has 1 aromatic carbocycles. The SMILES string of the molecule is CON=Cc1cccc2c1OCCC(C(=O)NC(=N)N)=C2.CS(=O)(=O)O. The summed E-state index contributed by atoms with van der Waals surface area (Å²) in [5, 5.41) is 13.1. The summed E-state index contributed by atoms with van der Waals surface area (Å²) in [5.74, 6) is -0.133. The Bertz CT molecular complexity index is 825. The minimum Gasteiger partial charge on any atom is -0.492 e. The Hall–Kier alpha value is -2.92. The average Bonchev–Trinajstić information content (AvgIpc) is 2.73. The summed E-state index contributed by atoms with van der Waals surface area (Å²) in [7, 11) is -2.21. The van der Waals surface area contributed by atoms with Crippen LogP contribution in [0.25, 0.3) is 6.08 Å². The van der Waals surface area contributed by atoms with Gasteiger partial charge in [0.1, 0.15) is 12.9 Å². The lowest BCUT2D eigenvalue weighted by Crippen LogP contribution is -2.36. The van der Waals surface area contributed by atoms with Crippen molar-refractivity contribution in [3.05, 3.63) is 34.9 Å². The molecule has 1 amide bonds. The van der Waals surface area contributed by atoms with Crippen LogP contribution in [-0.4, -0.2) is 51.0 Å². The number of rotatable bonds is 3. The zero-order valence-electron chi connectivity index (χ0n) is 14.2. The lowest BCUT2D eigenvalue weighted by Gasteiger charge is -2.08. The first-order valence-corrected chi connectivity index (χ1v) is 9.07. The molecule has 1 heterocycles. The van der Waals surface area contributed by atoms with Gasteiger partial charge in [0.15, 0.2) is 5.96 Å². The highest BCUT2D eigenvalue weighted by Gasteiger charge is 2.17. The fourth-order valence-electron chi connectivity index (χ4n) is 1.97. The Morgan fingerprint density at radius 1 is 1.50 bits per heavy atom. The molecular formula is C15H20N4O6S. The van der Waals surface area contributed by atoms with Crippen LogP contribution >= 0.6 is 0 Å². The normalized spacial score (nSPS) is 13.3. The molecule has 0 fully saturated rings. The van der Waals surface area contributed by atoms with Crippen molar-refractivity contribution < 1.29 is 27.3 Å². The van der Waals surface area contributed by atoms with Crippen LogP contribution in [0.5, 0.6) is 5.75 Å². The lowest BCUT2D eigenvalue weighted by atomic mass is 10.1. The number of ether oxygens (including phenoxy) is 1. The third kappa shape index (κ3) is 7.77. The van der Waals surface area contributed by atoms with E-state index in [9.17, 15) is 13.2 Å². The topological polar surface area (TPSA) is 164 Å². The van der Waals surface area contributed by atoms with Crippen molar-refractivity contribution >= 4 is 34.3 Å². The monoisotopic (exact) mass is 384 g/mol. The molecule has 0 atom stereocenters. The van der Waals surface area contributed by atoms with Gasteiger partial charge in [-0.3, -0.25) is 20.1 Å². The van der Waals surface area contributed by atoms with Gasteiger partial charge in [-0.2, -0.15) is 8.42 Å². The molecule has 142 valence electrons. The van der Waals surface area contributed by atoms with Crippen LogP contribution in [0, 0.1) is 5.41 Å². The molecule has 1 aliphatic rings. The van der Waals surface area contributed by atoms with Crippen molar-refractivity contribution in [2.45, 2.75) is 6.42 Å². The molecule has 26 heavy (non-hydrogen) atoms. The second kappa shape index (κ2) is 9.53. The molecule has 0 spiro atoms. The van der Waals surface area contributed by atoms with E-state index in [1.807, 2.05) is 18.2 Å². The Balaban J connectivity index is 0.000000597. The van der Waals surface area contributed by atoms with Crippen LogP contribution in [0.15, 0.2) is 28.9 Å². The van der Waals surface area contributed by atoms with Gasteiger partial charge in [0.25, 0.3) is 16.0 Å². The first-order chi connectivity index (χ1) is 12.1. The fourth-order valence-corrected chi connectivity index (χ4v) is 1.97. The highest BCUT2D eigenvalue weighted by atomic mass is 32.2. The van der Waals surface area contributed by atoms with Gasteiger partial charge in [-0.1, -0.05) is 17.3 Å². The largest absolute Gasteiger partial charge is 0.492 e. The third-order valence-corrected chi connectivity index (χ3v) is 2.86. The third-order valence-electron chi connectivity index (χ3n) is 2.86. The van der Waals surface area contributed by atoms with Gasteiger partial charge in [0, 0.05) is 23.1 Å². The highest BCUT2D eigenvalue weighted by molar-refractivity contribution is 7.85. The Kier molecular flexibility index (Phi) is 7.75. The second-order valence-electron chi connectivity index (χ2n) is 5.05. The number of nitrogens with two attached hydrogens (primary N) is 1. The number of benzene rings is 1. The number of guanidine groups is 1. The molecule has 0 aromatic heterocycles. The van der Waals surface area contributed by atoms with Crippen molar-refractivity contribution in [1.82, 2.24) is 5.32 Å². The van der Waals surface area contributed by atoms with E-state index in [1.165, 1.54) is 7.11 Å².